The van der Waals surface area contributed by atoms with Gasteiger partial charge < -0.3 is 9.64 Å². The second-order valence-electron chi connectivity index (χ2n) is 8.06. The SMILES string of the molecule is CCCCCCCN1C(=O)/C(=C\c2c(C)c(C#N)c(=O)n(C)c2N2CCOCC2)SC1=S. The normalized spacial score (nSPS) is 18.0. The highest BCUT2D eigenvalue weighted by molar-refractivity contribution is 8.26. The molecule has 0 aromatic carbocycles. The first-order valence-corrected chi connectivity index (χ1v) is 12.3. The van der Waals surface area contributed by atoms with Gasteiger partial charge in [-0.05, 0) is 25.0 Å². The first-order valence-electron chi connectivity index (χ1n) is 11.1. The number of nitrogens with zero attached hydrogens (tertiary/aromatic N) is 4. The number of hydrogen-bond donors (Lipinski definition) is 0. The summed E-state index contributed by atoms with van der Waals surface area (Å²) in [5, 5.41) is 9.59. The molecule has 1 aromatic rings. The van der Waals surface area contributed by atoms with Crippen LogP contribution in [0.4, 0.5) is 5.82 Å². The summed E-state index contributed by atoms with van der Waals surface area (Å²) in [7, 11) is 1.67. The molecule has 172 valence electrons. The van der Waals surface area contributed by atoms with E-state index in [1.165, 1.54) is 29.2 Å². The zero-order valence-electron chi connectivity index (χ0n) is 19.0. The van der Waals surface area contributed by atoms with E-state index < -0.39 is 0 Å². The van der Waals surface area contributed by atoms with Crippen molar-refractivity contribution in [2.24, 2.45) is 7.05 Å². The predicted octanol–water partition coefficient (Wildman–Crippen LogP) is 3.57. The average Bonchev–Trinajstić information content (AvgIpc) is 3.05. The monoisotopic (exact) mass is 474 g/mol. The number of unbranched alkanes of at least 4 members (excludes halogenated alkanes) is 4. The molecule has 3 rings (SSSR count). The van der Waals surface area contributed by atoms with Crippen LogP contribution in [0.3, 0.4) is 0 Å². The number of ether oxygens (including phenoxy) is 1. The number of anilines is 1. The molecule has 3 heterocycles. The smallest absolute Gasteiger partial charge is 0.270 e. The van der Waals surface area contributed by atoms with E-state index in [1.54, 1.807) is 24.9 Å². The number of morpholine rings is 1. The van der Waals surface area contributed by atoms with Crippen molar-refractivity contribution in [2.45, 2.75) is 46.0 Å². The van der Waals surface area contributed by atoms with E-state index in [0.717, 1.165) is 19.3 Å². The van der Waals surface area contributed by atoms with Gasteiger partial charge in [0.2, 0.25) is 0 Å². The third kappa shape index (κ3) is 5.08. The Balaban J connectivity index is 1.95. The van der Waals surface area contributed by atoms with Crippen LogP contribution in [0.15, 0.2) is 9.70 Å². The fraction of sp³-hybridized carbons (Fsp3) is 0.565. The highest BCUT2D eigenvalue weighted by Crippen LogP contribution is 2.36. The Hall–Kier alpha value is -2.15. The lowest BCUT2D eigenvalue weighted by molar-refractivity contribution is -0.122. The Bertz CT molecular complexity index is 1020. The summed E-state index contributed by atoms with van der Waals surface area (Å²) in [6.45, 7) is 6.97. The number of carbonyl (C=O) groups is 1. The first kappa shape index (κ1) is 24.5. The molecular weight excluding hydrogens is 444 g/mol. The molecule has 0 atom stereocenters. The minimum Gasteiger partial charge on any atom is -0.378 e. The molecule has 0 spiro atoms. The Morgan fingerprint density at radius 3 is 2.53 bits per heavy atom. The van der Waals surface area contributed by atoms with Crippen LogP contribution < -0.4 is 10.5 Å². The van der Waals surface area contributed by atoms with Gasteiger partial charge in [0.1, 0.15) is 21.8 Å². The standard InChI is InChI=1S/C23H30N4O3S2/c1-4-5-6-7-8-9-27-22(29)19(32-23(27)31)14-17-16(2)18(15-24)21(28)25(3)20(17)26-10-12-30-13-11-26/h14H,4-13H2,1-3H3/b19-14+. The Morgan fingerprint density at radius 1 is 1.19 bits per heavy atom. The van der Waals surface area contributed by atoms with Gasteiger partial charge in [-0.2, -0.15) is 5.26 Å². The van der Waals surface area contributed by atoms with Crippen molar-refractivity contribution in [3.63, 3.8) is 0 Å². The van der Waals surface area contributed by atoms with E-state index in [0.29, 0.717) is 59.0 Å². The molecule has 2 aliphatic heterocycles. The van der Waals surface area contributed by atoms with E-state index in [9.17, 15) is 14.9 Å². The number of thioether (sulfide) groups is 1. The maximum atomic E-state index is 13.1. The summed E-state index contributed by atoms with van der Waals surface area (Å²) in [6.07, 6.45) is 7.36. The van der Waals surface area contributed by atoms with Crippen LogP contribution in [-0.2, 0) is 16.6 Å². The van der Waals surface area contributed by atoms with Crippen molar-refractivity contribution in [1.29, 1.82) is 5.26 Å². The van der Waals surface area contributed by atoms with Crippen LogP contribution in [0.25, 0.3) is 6.08 Å². The van der Waals surface area contributed by atoms with Crippen molar-refractivity contribution in [1.82, 2.24) is 9.47 Å². The predicted molar refractivity (Wildman–Crippen MR) is 133 cm³/mol. The lowest BCUT2D eigenvalue weighted by Gasteiger charge is -2.32. The second kappa shape index (κ2) is 11.1. The van der Waals surface area contributed by atoms with E-state index in [2.05, 4.69) is 11.8 Å². The van der Waals surface area contributed by atoms with Gasteiger partial charge in [-0.25, -0.2) is 0 Å². The molecule has 0 radical (unpaired) electrons. The number of rotatable bonds is 8. The number of carbonyl (C=O) groups excluding carboxylic acids is 1. The molecule has 0 saturated carbocycles. The number of amides is 1. The summed E-state index contributed by atoms with van der Waals surface area (Å²) in [6, 6.07) is 2.04. The summed E-state index contributed by atoms with van der Waals surface area (Å²) in [4.78, 5) is 30.2. The van der Waals surface area contributed by atoms with Crippen LogP contribution in [0, 0.1) is 18.3 Å². The first-order chi connectivity index (χ1) is 15.4. The molecule has 9 heteroatoms. The number of nitriles is 1. The van der Waals surface area contributed by atoms with Crippen LogP contribution in [0.1, 0.15) is 55.7 Å². The van der Waals surface area contributed by atoms with Crippen molar-refractivity contribution in [3.05, 3.63) is 31.9 Å². The Labute approximate surface area is 199 Å². The third-order valence-corrected chi connectivity index (χ3v) is 7.29. The van der Waals surface area contributed by atoms with Crippen molar-refractivity contribution < 1.29 is 9.53 Å². The zero-order valence-corrected chi connectivity index (χ0v) is 20.6. The van der Waals surface area contributed by atoms with Gasteiger partial charge in [0.25, 0.3) is 11.5 Å². The lowest BCUT2D eigenvalue weighted by Crippen LogP contribution is -2.40. The van der Waals surface area contributed by atoms with Crippen molar-refractivity contribution in [3.8, 4) is 6.07 Å². The lowest BCUT2D eigenvalue weighted by atomic mass is 10.0. The van der Waals surface area contributed by atoms with Gasteiger partial charge in [0.05, 0.1) is 18.1 Å². The van der Waals surface area contributed by atoms with E-state index in [-0.39, 0.29) is 17.0 Å². The fourth-order valence-corrected chi connectivity index (χ4v) is 5.36. The maximum Gasteiger partial charge on any atom is 0.270 e. The zero-order chi connectivity index (χ0) is 23.3. The quantitative estimate of drug-likeness (QED) is 0.324. The Kier molecular flexibility index (Phi) is 8.51. The number of aromatic nitrogens is 1. The number of pyridine rings is 1. The van der Waals surface area contributed by atoms with Crippen LogP contribution >= 0.6 is 24.0 Å². The van der Waals surface area contributed by atoms with Gasteiger partial charge in [0.15, 0.2) is 0 Å². The summed E-state index contributed by atoms with van der Waals surface area (Å²) < 4.78 is 7.54. The molecule has 0 unspecified atom stereocenters. The number of thiocarbonyl (C=S) groups is 1. The van der Waals surface area contributed by atoms with Crippen LogP contribution in [0.5, 0.6) is 0 Å². The van der Waals surface area contributed by atoms with Crippen LogP contribution in [-0.4, -0.2) is 52.5 Å². The van der Waals surface area contributed by atoms with Gasteiger partial charge in [0, 0.05) is 32.2 Å². The molecule has 2 saturated heterocycles. The van der Waals surface area contributed by atoms with Crippen molar-refractivity contribution >= 4 is 46.1 Å². The van der Waals surface area contributed by atoms with E-state index >= 15 is 0 Å². The minimum absolute atomic E-state index is 0.0992. The van der Waals surface area contributed by atoms with E-state index in [4.69, 9.17) is 17.0 Å². The molecule has 32 heavy (non-hydrogen) atoms. The molecule has 2 fully saturated rings. The van der Waals surface area contributed by atoms with Gasteiger partial charge in [-0.15, -0.1) is 0 Å². The largest absolute Gasteiger partial charge is 0.378 e. The van der Waals surface area contributed by atoms with Gasteiger partial charge in [-0.1, -0.05) is 56.6 Å². The molecule has 1 aromatic heterocycles. The number of hydrogen-bond acceptors (Lipinski definition) is 7. The topological polar surface area (TPSA) is 78.6 Å². The minimum atomic E-state index is -0.330. The van der Waals surface area contributed by atoms with Gasteiger partial charge in [-0.3, -0.25) is 19.1 Å². The van der Waals surface area contributed by atoms with Gasteiger partial charge >= 0.3 is 0 Å². The third-order valence-electron chi connectivity index (χ3n) is 5.91. The highest BCUT2D eigenvalue weighted by atomic mass is 32.2. The molecular formula is C23H30N4O3S2. The fourth-order valence-electron chi connectivity index (χ4n) is 4.07. The molecule has 0 aliphatic carbocycles. The molecule has 7 nitrogen and oxygen atoms in total. The molecule has 0 bridgehead atoms. The maximum absolute atomic E-state index is 13.1. The average molecular weight is 475 g/mol. The summed E-state index contributed by atoms with van der Waals surface area (Å²) in [5.41, 5.74) is 1.07. The Morgan fingerprint density at radius 2 is 1.88 bits per heavy atom. The van der Waals surface area contributed by atoms with Crippen molar-refractivity contribution in [2.75, 3.05) is 37.7 Å². The summed E-state index contributed by atoms with van der Waals surface area (Å²) in [5.74, 6) is 0.606. The second-order valence-corrected chi connectivity index (χ2v) is 9.74. The molecule has 2 aliphatic rings. The summed E-state index contributed by atoms with van der Waals surface area (Å²) >= 11 is 6.78. The molecule has 1 amide bonds. The van der Waals surface area contributed by atoms with E-state index in [1.807, 2.05) is 6.07 Å². The molecule has 0 N–H and O–H groups in total. The van der Waals surface area contributed by atoms with Crippen LogP contribution in [0.2, 0.25) is 0 Å². The highest BCUT2D eigenvalue weighted by Gasteiger charge is 2.33.